The molecule has 1 aromatic heterocycles. The summed E-state index contributed by atoms with van der Waals surface area (Å²) in [5, 5.41) is 3.65. The molecular weight excluding hydrogens is 204 g/mol. The summed E-state index contributed by atoms with van der Waals surface area (Å²) in [5.41, 5.74) is 8.58. The van der Waals surface area contributed by atoms with Crippen LogP contribution in [-0.2, 0) is 4.74 Å². The average molecular weight is 218 g/mol. The first kappa shape index (κ1) is 10.7. The summed E-state index contributed by atoms with van der Waals surface area (Å²) in [6, 6.07) is 7.98. The van der Waals surface area contributed by atoms with Crippen molar-refractivity contribution in [3.8, 4) is 11.1 Å². The molecule has 4 nitrogen and oxygen atoms in total. The van der Waals surface area contributed by atoms with Crippen LogP contribution in [0.3, 0.4) is 0 Å². The Morgan fingerprint density at radius 3 is 2.50 bits per heavy atom. The van der Waals surface area contributed by atoms with Gasteiger partial charge in [0.2, 0.25) is 5.88 Å². The van der Waals surface area contributed by atoms with Crippen molar-refractivity contribution in [3.63, 3.8) is 0 Å². The van der Waals surface area contributed by atoms with Crippen LogP contribution in [0.2, 0.25) is 0 Å². The minimum absolute atomic E-state index is 0.0915. The zero-order chi connectivity index (χ0) is 11.5. The van der Waals surface area contributed by atoms with E-state index in [9.17, 15) is 0 Å². The van der Waals surface area contributed by atoms with E-state index in [-0.39, 0.29) is 6.10 Å². The van der Waals surface area contributed by atoms with Gasteiger partial charge >= 0.3 is 0 Å². The van der Waals surface area contributed by atoms with Crippen LogP contribution >= 0.6 is 0 Å². The quantitative estimate of drug-likeness (QED) is 0.860. The lowest BCUT2D eigenvalue weighted by Gasteiger charge is -2.09. The molecule has 16 heavy (non-hydrogen) atoms. The molecule has 0 saturated carbocycles. The predicted octanol–water partition coefficient (Wildman–Crippen LogP) is 2.63. The van der Waals surface area contributed by atoms with Crippen molar-refractivity contribution in [3.05, 3.63) is 36.0 Å². The number of nitrogens with two attached hydrogens (primary N) is 1. The molecule has 2 N–H and O–H groups in total. The summed E-state index contributed by atoms with van der Waals surface area (Å²) in [7, 11) is 1.69. The maximum absolute atomic E-state index is 5.64. The average Bonchev–Trinajstić information content (AvgIpc) is 2.75. The molecule has 0 amide bonds. The number of methoxy groups -OCH3 is 1. The van der Waals surface area contributed by atoms with Crippen molar-refractivity contribution >= 4 is 5.88 Å². The van der Waals surface area contributed by atoms with Crippen LogP contribution in [0, 0.1) is 0 Å². The lowest BCUT2D eigenvalue weighted by molar-refractivity contribution is 0.119. The minimum atomic E-state index is 0.0915. The zero-order valence-corrected chi connectivity index (χ0v) is 9.31. The SMILES string of the molecule is COC(C)c1ccc(-c2cnoc2N)cc1. The molecule has 0 saturated heterocycles. The first-order valence-electron chi connectivity index (χ1n) is 5.05. The monoisotopic (exact) mass is 218 g/mol. The van der Waals surface area contributed by atoms with Gasteiger partial charge in [-0.05, 0) is 18.1 Å². The molecule has 1 aromatic carbocycles. The fourth-order valence-electron chi connectivity index (χ4n) is 1.54. The molecule has 84 valence electrons. The first-order chi connectivity index (χ1) is 7.72. The molecule has 2 aromatic rings. The highest BCUT2D eigenvalue weighted by Crippen LogP contribution is 2.27. The maximum atomic E-state index is 5.64. The zero-order valence-electron chi connectivity index (χ0n) is 9.31. The fraction of sp³-hybridized carbons (Fsp3) is 0.250. The number of hydrogen-bond acceptors (Lipinski definition) is 4. The third kappa shape index (κ3) is 1.92. The summed E-state index contributed by atoms with van der Waals surface area (Å²) < 4.78 is 10.1. The molecule has 0 bridgehead atoms. The van der Waals surface area contributed by atoms with E-state index in [0.29, 0.717) is 5.88 Å². The molecule has 0 aliphatic carbocycles. The highest BCUT2D eigenvalue weighted by atomic mass is 16.5. The number of anilines is 1. The highest BCUT2D eigenvalue weighted by Gasteiger charge is 2.08. The van der Waals surface area contributed by atoms with Crippen LogP contribution in [0.4, 0.5) is 5.88 Å². The van der Waals surface area contributed by atoms with Crippen LogP contribution in [0.5, 0.6) is 0 Å². The molecule has 2 rings (SSSR count). The van der Waals surface area contributed by atoms with Crippen LogP contribution in [0.1, 0.15) is 18.6 Å². The Kier molecular flexibility index (Phi) is 2.92. The number of benzene rings is 1. The van der Waals surface area contributed by atoms with Crippen LogP contribution in [0.25, 0.3) is 11.1 Å². The van der Waals surface area contributed by atoms with Gasteiger partial charge in [0.05, 0.1) is 17.9 Å². The Labute approximate surface area is 94.0 Å². The molecular formula is C12H14N2O2. The lowest BCUT2D eigenvalue weighted by Crippen LogP contribution is -1.95. The van der Waals surface area contributed by atoms with Crippen molar-refractivity contribution in [2.75, 3.05) is 12.8 Å². The third-order valence-electron chi connectivity index (χ3n) is 2.64. The molecule has 4 heteroatoms. The van der Waals surface area contributed by atoms with Gasteiger partial charge in [-0.3, -0.25) is 0 Å². The van der Waals surface area contributed by atoms with E-state index >= 15 is 0 Å². The number of nitrogen functional groups attached to an aromatic ring is 1. The summed E-state index contributed by atoms with van der Waals surface area (Å²) >= 11 is 0. The second-order valence-electron chi connectivity index (χ2n) is 3.60. The van der Waals surface area contributed by atoms with E-state index in [1.165, 1.54) is 0 Å². The van der Waals surface area contributed by atoms with E-state index < -0.39 is 0 Å². The summed E-state index contributed by atoms with van der Waals surface area (Å²) in [4.78, 5) is 0. The number of rotatable bonds is 3. The summed E-state index contributed by atoms with van der Waals surface area (Å²) in [6.45, 7) is 2.00. The molecule has 1 unspecified atom stereocenters. The number of aromatic nitrogens is 1. The summed E-state index contributed by atoms with van der Waals surface area (Å²) in [6.07, 6.45) is 1.71. The molecule has 0 radical (unpaired) electrons. The number of hydrogen-bond donors (Lipinski definition) is 1. The van der Waals surface area contributed by atoms with E-state index in [0.717, 1.165) is 16.7 Å². The van der Waals surface area contributed by atoms with Gasteiger partial charge in [0, 0.05) is 7.11 Å². The maximum Gasteiger partial charge on any atom is 0.229 e. The van der Waals surface area contributed by atoms with E-state index in [1.54, 1.807) is 13.3 Å². The molecule has 0 aliphatic rings. The van der Waals surface area contributed by atoms with Crippen molar-refractivity contribution in [1.29, 1.82) is 0 Å². The minimum Gasteiger partial charge on any atom is -0.377 e. The van der Waals surface area contributed by atoms with E-state index in [4.69, 9.17) is 15.0 Å². The fourth-order valence-corrected chi connectivity index (χ4v) is 1.54. The molecule has 1 atom stereocenters. The number of nitrogens with zero attached hydrogens (tertiary/aromatic N) is 1. The Morgan fingerprint density at radius 2 is 2.00 bits per heavy atom. The lowest BCUT2D eigenvalue weighted by atomic mass is 10.0. The van der Waals surface area contributed by atoms with Crippen LogP contribution < -0.4 is 5.73 Å². The van der Waals surface area contributed by atoms with E-state index in [1.807, 2.05) is 31.2 Å². The van der Waals surface area contributed by atoms with Gasteiger partial charge in [-0.25, -0.2) is 0 Å². The Morgan fingerprint density at radius 1 is 1.31 bits per heavy atom. The third-order valence-corrected chi connectivity index (χ3v) is 2.64. The normalized spacial score (nSPS) is 12.6. The highest BCUT2D eigenvalue weighted by molar-refractivity contribution is 5.71. The summed E-state index contributed by atoms with van der Waals surface area (Å²) in [5.74, 6) is 0.340. The second-order valence-corrected chi connectivity index (χ2v) is 3.60. The van der Waals surface area contributed by atoms with Crippen molar-refractivity contribution in [2.24, 2.45) is 0 Å². The standard InChI is InChI=1S/C12H14N2O2/c1-8(15-2)9-3-5-10(6-4-9)11-7-14-16-12(11)13/h3-8H,13H2,1-2H3. The largest absolute Gasteiger partial charge is 0.377 e. The van der Waals surface area contributed by atoms with E-state index in [2.05, 4.69) is 5.16 Å². The predicted molar refractivity (Wildman–Crippen MR) is 61.8 cm³/mol. The van der Waals surface area contributed by atoms with Gasteiger partial charge in [-0.15, -0.1) is 0 Å². The molecule has 0 aliphatic heterocycles. The van der Waals surface area contributed by atoms with Gasteiger partial charge in [-0.1, -0.05) is 29.4 Å². The smallest absolute Gasteiger partial charge is 0.229 e. The Bertz CT molecular complexity index is 462. The van der Waals surface area contributed by atoms with Crippen molar-refractivity contribution in [1.82, 2.24) is 5.16 Å². The van der Waals surface area contributed by atoms with Crippen molar-refractivity contribution in [2.45, 2.75) is 13.0 Å². The van der Waals surface area contributed by atoms with Gasteiger partial charge in [0.1, 0.15) is 0 Å². The molecule has 1 heterocycles. The van der Waals surface area contributed by atoms with Gasteiger partial charge < -0.3 is 15.0 Å². The van der Waals surface area contributed by atoms with Crippen LogP contribution in [0.15, 0.2) is 35.0 Å². The van der Waals surface area contributed by atoms with Gasteiger partial charge in [-0.2, -0.15) is 0 Å². The van der Waals surface area contributed by atoms with Crippen molar-refractivity contribution < 1.29 is 9.26 Å². The topological polar surface area (TPSA) is 61.3 Å². The molecule has 0 spiro atoms. The second kappa shape index (κ2) is 4.37. The first-order valence-corrected chi connectivity index (χ1v) is 5.05. The Balaban J connectivity index is 2.30. The van der Waals surface area contributed by atoms with Gasteiger partial charge in [0.25, 0.3) is 0 Å². The molecule has 0 fully saturated rings. The Hall–Kier alpha value is -1.81. The van der Waals surface area contributed by atoms with Gasteiger partial charge in [0.15, 0.2) is 0 Å². The number of ether oxygens (including phenoxy) is 1. The van der Waals surface area contributed by atoms with Crippen LogP contribution in [-0.4, -0.2) is 12.3 Å².